The average Bonchev–Trinajstić information content (AvgIpc) is 2.62. The van der Waals surface area contributed by atoms with Crippen LogP contribution >= 0.6 is 0 Å². The fourth-order valence-electron chi connectivity index (χ4n) is 2.94. The molecule has 88 valence electrons. The molecule has 2 aliphatic heterocycles. The topological polar surface area (TPSA) is 18.5 Å². The third-order valence-electron chi connectivity index (χ3n) is 4.07. The molecule has 0 saturated carbocycles. The van der Waals surface area contributed by atoms with Crippen LogP contribution in [0.1, 0.15) is 25.7 Å². The van der Waals surface area contributed by atoms with Crippen LogP contribution in [-0.2, 0) is 0 Å². The minimum absolute atomic E-state index is 0.742. The number of hydrogen-bond acceptors (Lipinski definition) is 3. The molecule has 0 aromatic carbocycles. The molecular weight excluding hydrogens is 186 g/mol. The number of hydrogen-bond donors (Lipinski definition) is 1. The van der Waals surface area contributed by atoms with Gasteiger partial charge in [0.05, 0.1) is 0 Å². The van der Waals surface area contributed by atoms with Gasteiger partial charge in [-0.15, -0.1) is 0 Å². The molecule has 0 aromatic heterocycles. The molecule has 0 amide bonds. The van der Waals surface area contributed by atoms with E-state index in [4.69, 9.17) is 0 Å². The molecule has 2 saturated heterocycles. The highest BCUT2D eigenvalue weighted by molar-refractivity contribution is 4.86. The summed E-state index contributed by atoms with van der Waals surface area (Å²) in [5, 5.41) is 3.41. The van der Waals surface area contributed by atoms with Crippen molar-refractivity contribution in [2.45, 2.75) is 37.8 Å². The van der Waals surface area contributed by atoms with E-state index in [1.54, 1.807) is 0 Å². The first-order chi connectivity index (χ1) is 7.29. The fourth-order valence-corrected chi connectivity index (χ4v) is 2.94. The molecule has 3 nitrogen and oxygen atoms in total. The Kier molecular flexibility index (Phi) is 4.00. The second-order valence-corrected chi connectivity index (χ2v) is 5.16. The van der Waals surface area contributed by atoms with Crippen molar-refractivity contribution in [3.63, 3.8) is 0 Å². The first-order valence-electron chi connectivity index (χ1n) is 6.39. The largest absolute Gasteiger partial charge is 0.316 e. The first-order valence-corrected chi connectivity index (χ1v) is 6.39. The molecule has 2 atom stereocenters. The monoisotopic (exact) mass is 211 g/mol. The molecule has 0 aliphatic carbocycles. The predicted octanol–water partition coefficient (Wildman–Crippen LogP) is 0.764. The van der Waals surface area contributed by atoms with Crippen LogP contribution in [0.2, 0.25) is 0 Å². The maximum Gasteiger partial charge on any atom is 0.0204 e. The van der Waals surface area contributed by atoms with Crippen molar-refractivity contribution in [1.82, 2.24) is 15.1 Å². The van der Waals surface area contributed by atoms with Crippen LogP contribution in [0.4, 0.5) is 0 Å². The minimum atomic E-state index is 0.742. The van der Waals surface area contributed by atoms with Crippen molar-refractivity contribution >= 4 is 0 Å². The lowest BCUT2D eigenvalue weighted by Crippen LogP contribution is -2.37. The summed E-state index contributed by atoms with van der Waals surface area (Å²) in [7, 11) is 4.35. The third-order valence-corrected chi connectivity index (χ3v) is 4.07. The van der Waals surface area contributed by atoms with E-state index < -0.39 is 0 Å². The Labute approximate surface area is 93.8 Å². The molecule has 2 rings (SSSR count). The molecular formula is C12H25N3. The van der Waals surface area contributed by atoms with Gasteiger partial charge in [-0.2, -0.15) is 0 Å². The lowest BCUT2D eigenvalue weighted by atomic mass is 10.1. The smallest absolute Gasteiger partial charge is 0.0204 e. The van der Waals surface area contributed by atoms with Gasteiger partial charge in [0.25, 0.3) is 0 Å². The number of nitrogens with zero attached hydrogens (tertiary/aromatic N) is 2. The van der Waals surface area contributed by atoms with E-state index in [0.717, 1.165) is 12.1 Å². The molecule has 0 aromatic rings. The molecule has 0 bridgehead atoms. The van der Waals surface area contributed by atoms with Gasteiger partial charge in [0.15, 0.2) is 0 Å². The summed E-state index contributed by atoms with van der Waals surface area (Å²) in [6.45, 7) is 5.15. The Balaban J connectivity index is 1.83. The van der Waals surface area contributed by atoms with Gasteiger partial charge < -0.3 is 10.2 Å². The van der Waals surface area contributed by atoms with Crippen LogP contribution in [0.5, 0.6) is 0 Å². The van der Waals surface area contributed by atoms with Crippen molar-refractivity contribution < 1.29 is 0 Å². The average molecular weight is 211 g/mol. The van der Waals surface area contributed by atoms with E-state index in [2.05, 4.69) is 29.2 Å². The van der Waals surface area contributed by atoms with E-state index >= 15 is 0 Å². The standard InChI is InChI=1S/C12H25N3/c1-13-11-5-9-15(10-11)12-4-3-7-14(2)8-6-12/h11-13H,3-10H2,1-2H3. The van der Waals surface area contributed by atoms with Gasteiger partial charge in [-0.3, -0.25) is 4.90 Å². The van der Waals surface area contributed by atoms with Crippen LogP contribution in [-0.4, -0.2) is 62.2 Å². The summed E-state index contributed by atoms with van der Waals surface area (Å²) >= 11 is 0. The molecule has 0 radical (unpaired) electrons. The van der Waals surface area contributed by atoms with E-state index in [1.165, 1.54) is 51.9 Å². The van der Waals surface area contributed by atoms with Crippen LogP contribution < -0.4 is 5.32 Å². The summed E-state index contributed by atoms with van der Waals surface area (Å²) in [5.74, 6) is 0. The highest BCUT2D eigenvalue weighted by Gasteiger charge is 2.28. The van der Waals surface area contributed by atoms with E-state index in [-0.39, 0.29) is 0 Å². The predicted molar refractivity (Wildman–Crippen MR) is 64.2 cm³/mol. The van der Waals surface area contributed by atoms with Gasteiger partial charge in [-0.25, -0.2) is 0 Å². The lowest BCUT2D eigenvalue weighted by Gasteiger charge is -2.26. The van der Waals surface area contributed by atoms with Crippen LogP contribution in [0.3, 0.4) is 0 Å². The zero-order valence-corrected chi connectivity index (χ0v) is 10.2. The van der Waals surface area contributed by atoms with E-state index in [1.807, 2.05) is 0 Å². The Hall–Kier alpha value is -0.120. The zero-order chi connectivity index (χ0) is 10.7. The third kappa shape index (κ3) is 2.92. The number of likely N-dealkylation sites (N-methyl/N-ethyl adjacent to an activating group) is 1. The van der Waals surface area contributed by atoms with Crippen molar-refractivity contribution in [2.75, 3.05) is 40.3 Å². The summed E-state index contributed by atoms with van der Waals surface area (Å²) < 4.78 is 0. The summed E-state index contributed by atoms with van der Waals surface area (Å²) in [6.07, 6.45) is 5.48. The SMILES string of the molecule is CNC1CCN(C2CCCN(C)CC2)C1. The normalized spacial score (nSPS) is 35.6. The molecule has 3 heteroatoms. The van der Waals surface area contributed by atoms with Crippen molar-refractivity contribution in [3.05, 3.63) is 0 Å². The van der Waals surface area contributed by atoms with E-state index in [9.17, 15) is 0 Å². The summed E-state index contributed by atoms with van der Waals surface area (Å²) in [6, 6.07) is 1.60. The summed E-state index contributed by atoms with van der Waals surface area (Å²) in [5.41, 5.74) is 0. The highest BCUT2D eigenvalue weighted by Crippen LogP contribution is 2.20. The zero-order valence-electron chi connectivity index (χ0n) is 10.2. The van der Waals surface area contributed by atoms with Crippen molar-refractivity contribution in [2.24, 2.45) is 0 Å². The number of nitrogens with one attached hydrogen (secondary N) is 1. The fraction of sp³-hybridized carbons (Fsp3) is 1.00. The maximum atomic E-state index is 3.41. The highest BCUT2D eigenvalue weighted by atomic mass is 15.2. The van der Waals surface area contributed by atoms with Crippen molar-refractivity contribution in [3.8, 4) is 0 Å². The van der Waals surface area contributed by atoms with Crippen LogP contribution in [0.15, 0.2) is 0 Å². The van der Waals surface area contributed by atoms with Gasteiger partial charge in [-0.1, -0.05) is 0 Å². The summed E-state index contributed by atoms with van der Waals surface area (Å²) in [4.78, 5) is 5.19. The maximum absolute atomic E-state index is 3.41. The molecule has 0 spiro atoms. The first kappa shape index (κ1) is 11.4. The molecule has 15 heavy (non-hydrogen) atoms. The van der Waals surface area contributed by atoms with Gasteiger partial charge >= 0.3 is 0 Å². The van der Waals surface area contributed by atoms with Crippen LogP contribution in [0, 0.1) is 0 Å². The second kappa shape index (κ2) is 5.28. The quantitative estimate of drug-likeness (QED) is 0.728. The number of likely N-dealkylation sites (tertiary alicyclic amines) is 2. The van der Waals surface area contributed by atoms with Crippen molar-refractivity contribution in [1.29, 1.82) is 0 Å². The van der Waals surface area contributed by atoms with Gasteiger partial charge in [-0.05, 0) is 52.9 Å². The number of rotatable bonds is 2. The van der Waals surface area contributed by atoms with Crippen LogP contribution in [0.25, 0.3) is 0 Å². The Bertz CT molecular complexity index is 195. The van der Waals surface area contributed by atoms with Gasteiger partial charge in [0, 0.05) is 25.2 Å². The van der Waals surface area contributed by atoms with Gasteiger partial charge in [0.1, 0.15) is 0 Å². The Morgan fingerprint density at radius 1 is 1.07 bits per heavy atom. The Morgan fingerprint density at radius 2 is 1.93 bits per heavy atom. The molecule has 2 aliphatic rings. The minimum Gasteiger partial charge on any atom is -0.316 e. The Morgan fingerprint density at radius 3 is 2.67 bits per heavy atom. The molecule has 1 N–H and O–H groups in total. The molecule has 2 fully saturated rings. The second-order valence-electron chi connectivity index (χ2n) is 5.16. The molecule has 2 unspecified atom stereocenters. The molecule has 2 heterocycles. The van der Waals surface area contributed by atoms with Gasteiger partial charge in [0.2, 0.25) is 0 Å². The lowest BCUT2D eigenvalue weighted by molar-refractivity contribution is 0.215. The van der Waals surface area contributed by atoms with E-state index in [0.29, 0.717) is 0 Å².